The van der Waals surface area contributed by atoms with Crippen LogP contribution in [0.25, 0.3) is 0 Å². The molecule has 1 rings (SSSR count). The Hall–Kier alpha value is -1.82. The lowest BCUT2D eigenvalue weighted by atomic mass is 10.2. The molecule has 1 aromatic heterocycles. The van der Waals surface area contributed by atoms with Gasteiger partial charge in [-0.2, -0.15) is 0 Å². The summed E-state index contributed by atoms with van der Waals surface area (Å²) in [7, 11) is 1.24. The normalized spacial score (nSPS) is 11.7. The fourth-order valence-corrected chi connectivity index (χ4v) is 1.31. The molecule has 1 aromatic rings. The van der Waals surface area contributed by atoms with Crippen molar-refractivity contribution in [1.82, 2.24) is 10.3 Å². The van der Waals surface area contributed by atoms with Crippen molar-refractivity contribution in [3.05, 3.63) is 23.0 Å². The maximum Gasteiger partial charge on any atom is 0.328 e. The van der Waals surface area contributed by atoms with Gasteiger partial charge in [-0.25, -0.2) is 9.78 Å². The number of hydrogen-bond acceptors (Lipinski definition) is 5. The Balaban J connectivity index is 2.83. The van der Waals surface area contributed by atoms with Gasteiger partial charge >= 0.3 is 5.97 Å². The fraction of sp³-hybridized carbons (Fsp3) is 0.300. The van der Waals surface area contributed by atoms with Gasteiger partial charge in [0.15, 0.2) is 0 Å². The summed E-state index contributed by atoms with van der Waals surface area (Å²) < 4.78 is 4.48. The number of nitrogen functional groups attached to an aromatic ring is 1. The number of nitrogens with one attached hydrogen (secondary N) is 1. The molecular weight excluding hydrogens is 246 g/mol. The number of hydrogen-bond donors (Lipinski definition) is 2. The van der Waals surface area contributed by atoms with E-state index in [0.717, 1.165) is 0 Å². The van der Waals surface area contributed by atoms with E-state index in [-0.39, 0.29) is 16.4 Å². The van der Waals surface area contributed by atoms with Crippen LogP contribution in [0.4, 0.5) is 5.69 Å². The van der Waals surface area contributed by atoms with E-state index >= 15 is 0 Å². The standard InChI is InChI=1S/C10H12ClN3O3/c1-5(10(16)17-2)14-9(15)6-3-8(11)13-4-7(6)12/h3-5H,12H2,1-2H3,(H,14,15). The fourth-order valence-electron chi connectivity index (χ4n) is 1.15. The highest BCUT2D eigenvalue weighted by Gasteiger charge is 2.18. The number of halogens is 1. The van der Waals surface area contributed by atoms with Gasteiger partial charge in [0.1, 0.15) is 11.2 Å². The van der Waals surface area contributed by atoms with Crippen LogP contribution in [0.1, 0.15) is 17.3 Å². The SMILES string of the molecule is COC(=O)C(C)NC(=O)c1cc(Cl)ncc1N. The second-order valence-electron chi connectivity index (χ2n) is 3.31. The second kappa shape index (κ2) is 5.49. The third kappa shape index (κ3) is 3.32. The largest absolute Gasteiger partial charge is 0.467 e. The molecule has 7 heteroatoms. The summed E-state index contributed by atoms with van der Waals surface area (Å²) in [5, 5.41) is 2.58. The molecule has 1 atom stereocenters. The first-order chi connectivity index (χ1) is 7.95. The number of carbonyl (C=O) groups excluding carboxylic acids is 2. The molecule has 0 fully saturated rings. The van der Waals surface area contributed by atoms with Crippen molar-refractivity contribution < 1.29 is 14.3 Å². The van der Waals surface area contributed by atoms with E-state index in [1.54, 1.807) is 0 Å². The van der Waals surface area contributed by atoms with Crippen LogP contribution < -0.4 is 11.1 Å². The van der Waals surface area contributed by atoms with Crippen molar-refractivity contribution in [3.63, 3.8) is 0 Å². The summed E-state index contributed by atoms with van der Waals surface area (Å²) in [5.74, 6) is -1.05. The minimum absolute atomic E-state index is 0.148. The third-order valence-corrected chi connectivity index (χ3v) is 2.26. The molecule has 6 nitrogen and oxygen atoms in total. The van der Waals surface area contributed by atoms with Gasteiger partial charge < -0.3 is 15.8 Å². The molecule has 0 saturated carbocycles. The topological polar surface area (TPSA) is 94.3 Å². The molecule has 0 aromatic carbocycles. The molecule has 1 amide bonds. The molecule has 0 aliphatic heterocycles. The number of anilines is 1. The number of aromatic nitrogens is 1. The zero-order chi connectivity index (χ0) is 13.0. The predicted molar refractivity (Wildman–Crippen MR) is 62.6 cm³/mol. The number of ether oxygens (including phenoxy) is 1. The van der Waals surface area contributed by atoms with Crippen LogP contribution in [-0.4, -0.2) is 30.0 Å². The lowest BCUT2D eigenvalue weighted by Crippen LogP contribution is -2.39. The number of nitrogens with two attached hydrogens (primary N) is 1. The van der Waals surface area contributed by atoms with Crippen LogP contribution in [0.2, 0.25) is 5.15 Å². The summed E-state index contributed by atoms with van der Waals surface area (Å²) in [6.45, 7) is 1.50. The van der Waals surface area contributed by atoms with Gasteiger partial charge in [-0.05, 0) is 13.0 Å². The second-order valence-corrected chi connectivity index (χ2v) is 3.70. The van der Waals surface area contributed by atoms with Gasteiger partial charge in [-0.15, -0.1) is 0 Å². The van der Waals surface area contributed by atoms with Crippen LogP contribution in [0.3, 0.4) is 0 Å². The van der Waals surface area contributed by atoms with Crippen molar-refractivity contribution in [2.24, 2.45) is 0 Å². The smallest absolute Gasteiger partial charge is 0.328 e. The minimum Gasteiger partial charge on any atom is -0.467 e. The molecule has 3 N–H and O–H groups in total. The van der Waals surface area contributed by atoms with E-state index in [2.05, 4.69) is 15.0 Å². The Morgan fingerprint density at radius 1 is 1.59 bits per heavy atom. The Morgan fingerprint density at radius 3 is 2.82 bits per heavy atom. The van der Waals surface area contributed by atoms with Gasteiger partial charge in [0.05, 0.1) is 24.6 Å². The van der Waals surface area contributed by atoms with E-state index in [4.69, 9.17) is 17.3 Å². The highest BCUT2D eigenvalue weighted by molar-refractivity contribution is 6.29. The van der Waals surface area contributed by atoms with Crippen molar-refractivity contribution in [2.75, 3.05) is 12.8 Å². The Kier molecular flexibility index (Phi) is 4.28. The van der Waals surface area contributed by atoms with Gasteiger partial charge in [0.25, 0.3) is 5.91 Å². The van der Waals surface area contributed by atoms with Crippen LogP contribution in [-0.2, 0) is 9.53 Å². The third-order valence-electron chi connectivity index (χ3n) is 2.05. The Labute approximate surface area is 103 Å². The zero-order valence-electron chi connectivity index (χ0n) is 9.36. The van der Waals surface area contributed by atoms with Gasteiger partial charge in [0, 0.05) is 0 Å². The van der Waals surface area contributed by atoms with Crippen LogP contribution in [0.5, 0.6) is 0 Å². The molecular formula is C10H12ClN3O3. The van der Waals surface area contributed by atoms with Crippen molar-refractivity contribution in [1.29, 1.82) is 0 Å². The van der Waals surface area contributed by atoms with Gasteiger partial charge in [-0.1, -0.05) is 11.6 Å². The van der Waals surface area contributed by atoms with Gasteiger partial charge in [0.2, 0.25) is 0 Å². The summed E-state index contributed by atoms with van der Waals surface area (Å²) >= 11 is 5.65. The predicted octanol–water partition coefficient (Wildman–Crippen LogP) is 0.608. The van der Waals surface area contributed by atoms with E-state index in [1.807, 2.05) is 0 Å². The highest BCUT2D eigenvalue weighted by Crippen LogP contribution is 2.14. The molecule has 92 valence electrons. The summed E-state index contributed by atoms with van der Waals surface area (Å²) in [4.78, 5) is 26.6. The first-order valence-electron chi connectivity index (χ1n) is 4.75. The zero-order valence-corrected chi connectivity index (χ0v) is 10.1. The lowest BCUT2D eigenvalue weighted by Gasteiger charge is -2.12. The molecule has 0 spiro atoms. The Bertz CT molecular complexity index is 450. The number of carbonyl (C=O) groups is 2. The van der Waals surface area contributed by atoms with E-state index in [1.165, 1.54) is 26.3 Å². The number of methoxy groups -OCH3 is 1. The Morgan fingerprint density at radius 2 is 2.24 bits per heavy atom. The van der Waals surface area contributed by atoms with E-state index in [0.29, 0.717) is 0 Å². The molecule has 1 unspecified atom stereocenters. The quantitative estimate of drug-likeness (QED) is 0.611. The number of pyridine rings is 1. The van der Waals surface area contributed by atoms with Crippen LogP contribution >= 0.6 is 11.6 Å². The molecule has 0 bridgehead atoms. The van der Waals surface area contributed by atoms with E-state index in [9.17, 15) is 9.59 Å². The van der Waals surface area contributed by atoms with Gasteiger partial charge in [-0.3, -0.25) is 4.79 Å². The maximum absolute atomic E-state index is 11.8. The average molecular weight is 258 g/mol. The number of nitrogens with zero attached hydrogens (tertiary/aromatic N) is 1. The first-order valence-corrected chi connectivity index (χ1v) is 5.13. The number of amides is 1. The average Bonchev–Trinajstić information content (AvgIpc) is 2.30. The number of rotatable bonds is 3. The molecule has 17 heavy (non-hydrogen) atoms. The first kappa shape index (κ1) is 13.2. The summed E-state index contributed by atoms with van der Waals surface area (Å²) in [6, 6.07) is 0.565. The molecule has 1 heterocycles. The highest BCUT2D eigenvalue weighted by atomic mass is 35.5. The van der Waals surface area contributed by atoms with Crippen molar-refractivity contribution in [3.8, 4) is 0 Å². The van der Waals surface area contributed by atoms with E-state index < -0.39 is 17.9 Å². The molecule has 0 aliphatic rings. The maximum atomic E-state index is 11.8. The monoisotopic (exact) mass is 257 g/mol. The van der Waals surface area contributed by atoms with Crippen molar-refractivity contribution in [2.45, 2.75) is 13.0 Å². The summed E-state index contributed by atoms with van der Waals surface area (Å²) in [5.41, 5.74) is 5.93. The number of esters is 1. The molecule has 0 radical (unpaired) electrons. The lowest BCUT2D eigenvalue weighted by molar-refractivity contribution is -0.142. The van der Waals surface area contributed by atoms with Crippen molar-refractivity contribution >= 4 is 29.2 Å². The molecule has 0 saturated heterocycles. The molecule has 0 aliphatic carbocycles. The van der Waals surface area contributed by atoms with Crippen LogP contribution in [0.15, 0.2) is 12.3 Å². The van der Waals surface area contributed by atoms with Crippen LogP contribution in [0, 0.1) is 0 Å². The summed E-state index contributed by atoms with van der Waals surface area (Å²) in [6.07, 6.45) is 1.28. The minimum atomic E-state index is -0.765.